The van der Waals surface area contributed by atoms with E-state index in [1.165, 1.54) is 48.1 Å². The van der Waals surface area contributed by atoms with Gasteiger partial charge in [-0.05, 0) is 49.6 Å². The summed E-state index contributed by atoms with van der Waals surface area (Å²) in [5, 5.41) is 3.26. The molecule has 1 N–H and O–H groups in total. The van der Waals surface area contributed by atoms with Gasteiger partial charge < -0.3 is 10.2 Å². The first kappa shape index (κ1) is 13.9. The van der Waals surface area contributed by atoms with Crippen molar-refractivity contribution in [3.8, 4) is 0 Å². The van der Waals surface area contributed by atoms with E-state index >= 15 is 0 Å². The summed E-state index contributed by atoms with van der Waals surface area (Å²) in [7, 11) is 2.01. The van der Waals surface area contributed by atoms with E-state index in [0.717, 1.165) is 12.5 Å². The molecule has 1 aliphatic rings. The third-order valence-corrected chi connectivity index (χ3v) is 4.23. The standard InChI is InChI=1S/C15H23BrN2/c1-3-4-12-7-8-18(11-12)15-6-5-14(16)9-13(15)10-17-2/h5-6,9,12,17H,3-4,7-8,10-11H2,1-2H3. The monoisotopic (exact) mass is 310 g/mol. The second-order valence-corrected chi connectivity index (χ2v) is 6.11. The Bertz CT molecular complexity index is 392. The third-order valence-electron chi connectivity index (χ3n) is 3.73. The van der Waals surface area contributed by atoms with E-state index in [0.29, 0.717) is 0 Å². The van der Waals surface area contributed by atoms with E-state index in [4.69, 9.17) is 0 Å². The van der Waals surface area contributed by atoms with Gasteiger partial charge in [0, 0.05) is 29.8 Å². The van der Waals surface area contributed by atoms with Crippen molar-refractivity contribution in [2.75, 3.05) is 25.0 Å². The number of rotatable bonds is 5. The molecule has 0 radical (unpaired) electrons. The van der Waals surface area contributed by atoms with Crippen LogP contribution in [0.4, 0.5) is 5.69 Å². The Morgan fingerprint density at radius 2 is 2.28 bits per heavy atom. The van der Waals surface area contributed by atoms with Gasteiger partial charge in [0.05, 0.1) is 0 Å². The Hall–Kier alpha value is -0.540. The van der Waals surface area contributed by atoms with Gasteiger partial charge in [-0.2, -0.15) is 0 Å². The summed E-state index contributed by atoms with van der Waals surface area (Å²) in [4.78, 5) is 2.55. The molecule has 1 heterocycles. The second kappa shape index (κ2) is 6.58. The highest BCUT2D eigenvalue weighted by atomic mass is 79.9. The SMILES string of the molecule is CCCC1CCN(c2ccc(Br)cc2CNC)C1. The summed E-state index contributed by atoms with van der Waals surface area (Å²) < 4.78 is 1.17. The summed E-state index contributed by atoms with van der Waals surface area (Å²) in [5.74, 6) is 0.890. The smallest absolute Gasteiger partial charge is 0.0412 e. The zero-order valence-corrected chi connectivity index (χ0v) is 13.0. The van der Waals surface area contributed by atoms with E-state index in [9.17, 15) is 0 Å². The van der Waals surface area contributed by atoms with Gasteiger partial charge in [-0.1, -0.05) is 29.3 Å². The number of hydrogen-bond acceptors (Lipinski definition) is 2. The van der Waals surface area contributed by atoms with Crippen LogP contribution in [0.5, 0.6) is 0 Å². The van der Waals surface area contributed by atoms with Crippen LogP contribution in [0.3, 0.4) is 0 Å². The molecular weight excluding hydrogens is 288 g/mol. The molecule has 0 saturated carbocycles. The second-order valence-electron chi connectivity index (χ2n) is 5.19. The van der Waals surface area contributed by atoms with Crippen molar-refractivity contribution in [3.05, 3.63) is 28.2 Å². The molecule has 0 amide bonds. The van der Waals surface area contributed by atoms with Gasteiger partial charge in [0.25, 0.3) is 0 Å². The van der Waals surface area contributed by atoms with Gasteiger partial charge in [-0.3, -0.25) is 0 Å². The first-order valence-electron chi connectivity index (χ1n) is 6.92. The molecule has 1 aromatic rings. The molecule has 18 heavy (non-hydrogen) atoms. The fraction of sp³-hybridized carbons (Fsp3) is 0.600. The minimum absolute atomic E-state index is 0.890. The van der Waals surface area contributed by atoms with Gasteiger partial charge in [-0.15, -0.1) is 0 Å². The maximum Gasteiger partial charge on any atom is 0.0412 e. The topological polar surface area (TPSA) is 15.3 Å². The Balaban J connectivity index is 2.13. The van der Waals surface area contributed by atoms with Gasteiger partial charge >= 0.3 is 0 Å². The molecular formula is C15H23BrN2. The molecule has 100 valence electrons. The van der Waals surface area contributed by atoms with Gasteiger partial charge in [0.2, 0.25) is 0 Å². The number of nitrogens with zero attached hydrogens (tertiary/aromatic N) is 1. The minimum atomic E-state index is 0.890. The van der Waals surface area contributed by atoms with Crippen LogP contribution in [-0.2, 0) is 6.54 Å². The Morgan fingerprint density at radius 3 is 3.00 bits per heavy atom. The number of nitrogens with one attached hydrogen (secondary N) is 1. The zero-order valence-electron chi connectivity index (χ0n) is 11.4. The lowest BCUT2D eigenvalue weighted by molar-refractivity contribution is 0.529. The average molecular weight is 311 g/mol. The van der Waals surface area contributed by atoms with Crippen molar-refractivity contribution in [3.63, 3.8) is 0 Å². The fourth-order valence-corrected chi connectivity index (χ4v) is 3.30. The van der Waals surface area contributed by atoms with E-state index in [2.05, 4.69) is 51.3 Å². The molecule has 1 saturated heterocycles. The van der Waals surface area contributed by atoms with Crippen molar-refractivity contribution in [2.45, 2.75) is 32.7 Å². The summed E-state index contributed by atoms with van der Waals surface area (Å²) in [6, 6.07) is 6.64. The highest BCUT2D eigenvalue weighted by Gasteiger charge is 2.23. The maximum absolute atomic E-state index is 3.57. The van der Waals surface area contributed by atoms with Crippen molar-refractivity contribution in [1.29, 1.82) is 0 Å². The molecule has 1 unspecified atom stereocenters. The van der Waals surface area contributed by atoms with Crippen LogP contribution < -0.4 is 10.2 Å². The van der Waals surface area contributed by atoms with Crippen LogP contribution >= 0.6 is 15.9 Å². The summed E-state index contributed by atoms with van der Waals surface area (Å²) in [6.07, 6.45) is 4.03. The van der Waals surface area contributed by atoms with Crippen molar-refractivity contribution >= 4 is 21.6 Å². The number of halogens is 1. The van der Waals surface area contributed by atoms with Crippen LogP contribution in [0.25, 0.3) is 0 Å². The molecule has 2 nitrogen and oxygen atoms in total. The van der Waals surface area contributed by atoms with Crippen molar-refractivity contribution in [2.24, 2.45) is 5.92 Å². The molecule has 2 rings (SSSR count). The molecule has 1 atom stereocenters. The highest BCUT2D eigenvalue weighted by Crippen LogP contribution is 2.30. The zero-order chi connectivity index (χ0) is 13.0. The Labute approximate surface area is 119 Å². The fourth-order valence-electron chi connectivity index (χ4n) is 2.89. The van der Waals surface area contributed by atoms with E-state index in [-0.39, 0.29) is 0 Å². The van der Waals surface area contributed by atoms with Crippen LogP contribution in [-0.4, -0.2) is 20.1 Å². The quantitative estimate of drug-likeness (QED) is 0.890. The molecule has 0 spiro atoms. The van der Waals surface area contributed by atoms with Gasteiger partial charge in [-0.25, -0.2) is 0 Å². The predicted molar refractivity (Wildman–Crippen MR) is 82.1 cm³/mol. The van der Waals surface area contributed by atoms with Crippen molar-refractivity contribution < 1.29 is 0 Å². The number of hydrogen-bond donors (Lipinski definition) is 1. The molecule has 1 fully saturated rings. The lowest BCUT2D eigenvalue weighted by Gasteiger charge is -2.22. The van der Waals surface area contributed by atoms with Crippen LogP contribution in [0.15, 0.2) is 22.7 Å². The van der Waals surface area contributed by atoms with Gasteiger partial charge in [0.1, 0.15) is 0 Å². The highest BCUT2D eigenvalue weighted by molar-refractivity contribution is 9.10. The molecule has 1 aliphatic heterocycles. The largest absolute Gasteiger partial charge is 0.371 e. The molecule has 3 heteroatoms. The van der Waals surface area contributed by atoms with E-state index in [1.54, 1.807) is 0 Å². The first-order chi connectivity index (χ1) is 8.74. The predicted octanol–water partition coefficient (Wildman–Crippen LogP) is 3.79. The third kappa shape index (κ3) is 3.27. The summed E-state index contributed by atoms with van der Waals surface area (Å²) in [6.45, 7) is 5.66. The number of benzene rings is 1. The lowest BCUT2D eigenvalue weighted by atomic mass is 10.0. The minimum Gasteiger partial charge on any atom is -0.371 e. The van der Waals surface area contributed by atoms with E-state index < -0.39 is 0 Å². The van der Waals surface area contributed by atoms with Gasteiger partial charge in [0.15, 0.2) is 0 Å². The maximum atomic E-state index is 3.57. The molecule has 0 bridgehead atoms. The summed E-state index contributed by atoms with van der Waals surface area (Å²) >= 11 is 3.57. The molecule has 1 aromatic carbocycles. The van der Waals surface area contributed by atoms with Crippen molar-refractivity contribution in [1.82, 2.24) is 5.32 Å². The van der Waals surface area contributed by atoms with Crippen LogP contribution in [0, 0.1) is 5.92 Å². The lowest BCUT2D eigenvalue weighted by Crippen LogP contribution is -2.22. The average Bonchev–Trinajstić information content (AvgIpc) is 2.79. The summed E-state index contributed by atoms with van der Waals surface area (Å²) in [5.41, 5.74) is 2.80. The van der Waals surface area contributed by atoms with Crippen LogP contribution in [0.2, 0.25) is 0 Å². The Morgan fingerprint density at radius 1 is 1.44 bits per heavy atom. The molecule has 0 aliphatic carbocycles. The Kier molecular flexibility index (Phi) is 5.07. The number of anilines is 1. The van der Waals surface area contributed by atoms with E-state index in [1.807, 2.05) is 7.05 Å². The first-order valence-corrected chi connectivity index (χ1v) is 7.72. The van der Waals surface area contributed by atoms with Crippen LogP contribution in [0.1, 0.15) is 31.7 Å². The molecule has 0 aromatic heterocycles. The normalized spacial score (nSPS) is 19.5.